The van der Waals surface area contributed by atoms with E-state index in [-0.39, 0.29) is 35.1 Å². The van der Waals surface area contributed by atoms with E-state index < -0.39 is 29.4 Å². The molecule has 3 aliphatic carbocycles. The van der Waals surface area contributed by atoms with E-state index in [0.717, 1.165) is 36.0 Å². The Kier molecular flexibility index (Phi) is 5.80. The summed E-state index contributed by atoms with van der Waals surface area (Å²) in [7, 11) is 0. The van der Waals surface area contributed by atoms with Crippen molar-refractivity contribution in [1.82, 2.24) is 0 Å². The topological polar surface area (TPSA) is 93.1 Å². The van der Waals surface area contributed by atoms with Gasteiger partial charge in [-0.05, 0) is 92.6 Å². The van der Waals surface area contributed by atoms with Gasteiger partial charge in [-0.15, -0.1) is 0 Å². The zero-order valence-corrected chi connectivity index (χ0v) is 21.9. The summed E-state index contributed by atoms with van der Waals surface area (Å²) in [5.41, 5.74) is 1.49. The Morgan fingerprint density at radius 3 is 2.58 bits per heavy atom. The molecule has 2 heterocycles. The minimum Gasteiger partial charge on any atom is -0.456 e. The molecule has 6 heteroatoms. The van der Waals surface area contributed by atoms with Gasteiger partial charge in [0.1, 0.15) is 17.8 Å². The number of carbonyl (C=O) groups is 2. The average Bonchev–Trinajstić information content (AvgIpc) is 2.87. The van der Waals surface area contributed by atoms with Crippen LogP contribution in [0.15, 0.2) is 59.3 Å². The fourth-order valence-electron chi connectivity index (χ4n) is 7.81. The van der Waals surface area contributed by atoms with Crippen molar-refractivity contribution in [2.24, 2.45) is 29.1 Å². The normalized spacial score (nSPS) is 42.4. The molecule has 5 aliphatic rings. The lowest BCUT2D eigenvalue weighted by Gasteiger charge is -2.44. The Hall–Kier alpha value is -2.44. The summed E-state index contributed by atoms with van der Waals surface area (Å²) in [6.45, 7) is 14.3. The van der Waals surface area contributed by atoms with E-state index in [1.807, 2.05) is 32.9 Å². The number of fused-ring (bicyclic) bond motifs is 4. The number of allylic oxidation sites excluding steroid dienone is 3. The Labute approximate surface area is 213 Å². The summed E-state index contributed by atoms with van der Waals surface area (Å²) in [6.07, 6.45) is 10.5. The lowest BCUT2D eigenvalue weighted by Crippen LogP contribution is -2.42. The molecule has 0 spiro atoms. The Morgan fingerprint density at radius 1 is 1.14 bits per heavy atom. The zero-order valence-electron chi connectivity index (χ0n) is 21.9. The highest BCUT2D eigenvalue weighted by Gasteiger charge is 2.61. The van der Waals surface area contributed by atoms with Crippen molar-refractivity contribution in [3.63, 3.8) is 0 Å². The molecule has 0 radical (unpaired) electrons. The first kappa shape index (κ1) is 25.2. The van der Waals surface area contributed by atoms with Crippen LogP contribution in [0, 0.1) is 29.1 Å². The van der Waals surface area contributed by atoms with Crippen molar-refractivity contribution in [2.45, 2.75) is 83.7 Å². The largest absolute Gasteiger partial charge is 0.456 e. The first-order chi connectivity index (χ1) is 16.8. The summed E-state index contributed by atoms with van der Waals surface area (Å²) in [5, 5.41) is 22.8. The van der Waals surface area contributed by atoms with Gasteiger partial charge in [0.05, 0.1) is 5.60 Å². The molecule has 0 aromatic rings. The number of hydrogen-bond acceptors (Lipinski definition) is 6. The molecule has 0 saturated heterocycles. The number of carbonyl (C=O) groups excluding carboxylic acids is 2. The van der Waals surface area contributed by atoms with Crippen molar-refractivity contribution < 1.29 is 29.3 Å². The Morgan fingerprint density at radius 2 is 1.86 bits per heavy atom. The first-order valence-electron chi connectivity index (χ1n) is 13.1. The smallest absolute Gasteiger partial charge is 0.333 e. The Balaban J connectivity index is 1.46. The number of aliphatic hydroxyl groups excluding tert-OH is 1. The van der Waals surface area contributed by atoms with E-state index in [4.69, 9.17) is 9.47 Å². The van der Waals surface area contributed by atoms with Crippen LogP contribution >= 0.6 is 0 Å². The lowest BCUT2D eigenvalue weighted by molar-refractivity contribution is -0.154. The second kappa shape index (κ2) is 8.29. The third-order valence-corrected chi connectivity index (χ3v) is 9.76. The van der Waals surface area contributed by atoms with E-state index in [1.165, 1.54) is 6.08 Å². The van der Waals surface area contributed by atoms with E-state index >= 15 is 0 Å². The highest BCUT2D eigenvalue weighted by molar-refractivity contribution is 5.89. The minimum atomic E-state index is -1.02. The van der Waals surface area contributed by atoms with Crippen molar-refractivity contribution in [3.8, 4) is 0 Å². The molecule has 1 saturated carbocycles. The van der Waals surface area contributed by atoms with Gasteiger partial charge in [0.25, 0.3) is 0 Å². The van der Waals surface area contributed by atoms with Crippen LogP contribution in [0.3, 0.4) is 0 Å². The van der Waals surface area contributed by atoms with Gasteiger partial charge in [-0.25, -0.2) is 9.59 Å². The van der Waals surface area contributed by atoms with Gasteiger partial charge in [-0.1, -0.05) is 32.6 Å². The molecule has 0 aromatic carbocycles. The maximum atomic E-state index is 12.2. The van der Waals surface area contributed by atoms with E-state index in [2.05, 4.69) is 19.6 Å². The summed E-state index contributed by atoms with van der Waals surface area (Å²) in [6, 6.07) is 0. The van der Waals surface area contributed by atoms with Crippen molar-refractivity contribution in [1.29, 1.82) is 0 Å². The van der Waals surface area contributed by atoms with Crippen LogP contribution < -0.4 is 0 Å². The molecule has 6 nitrogen and oxygen atoms in total. The lowest BCUT2D eigenvalue weighted by atomic mass is 9.61. The number of ether oxygens (including phenoxy) is 2. The van der Waals surface area contributed by atoms with Crippen LogP contribution in [0.1, 0.15) is 60.3 Å². The average molecular weight is 495 g/mol. The Bertz CT molecular complexity index is 1140. The molecule has 36 heavy (non-hydrogen) atoms. The van der Waals surface area contributed by atoms with Gasteiger partial charge >= 0.3 is 11.9 Å². The quantitative estimate of drug-likeness (QED) is 0.555. The van der Waals surface area contributed by atoms with Crippen molar-refractivity contribution in [2.75, 3.05) is 0 Å². The molecule has 8 atom stereocenters. The van der Waals surface area contributed by atoms with Gasteiger partial charge in [0, 0.05) is 23.5 Å². The van der Waals surface area contributed by atoms with Crippen LogP contribution in [-0.2, 0) is 19.1 Å². The third-order valence-electron chi connectivity index (χ3n) is 9.76. The number of hydrogen-bond donors (Lipinski definition) is 2. The highest BCUT2D eigenvalue weighted by Crippen LogP contribution is 2.64. The van der Waals surface area contributed by atoms with Gasteiger partial charge in [0.15, 0.2) is 0 Å². The molecule has 0 amide bonds. The van der Waals surface area contributed by atoms with Gasteiger partial charge < -0.3 is 19.7 Å². The predicted octanol–water partition coefficient (Wildman–Crippen LogP) is 4.34. The SMILES string of the molecule is C=C1C([C@@H](C)[C@@H]2OC(=O)C(C)=C[C@@H]2O)=CC[C@]2(C)[C@H]1C[C@]1(O)C=C3C=CC(=O)OC(C)(C)[C@@H]3CC[C@@H]21. The molecule has 194 valence electrons. The van der Waals surface area contributed by atoms with E-state index in [1.54, 1.807) is 13.0 Å². The molecule has 0 bridgehead atoms. The van der Waals surface area contributed by atoms with Crippen LogP contribution in [0.25, 0.3) is 0 Å². The standard InChI is InChI=1S/C30H38O6/c1-16-13-23(31)26(35-27(16)33)18(3)20-11-12-29(6)22(17(20)2)15-30(34)14-19-7-10-25(32)36-28(4,5)21(19)8-9-24(29)30/h7,10-11,13-14,18,21-24,26,31,34H,2,8-9,12,15H2,1,3-6H3/t18-,21-,22+,23+,24+,26+,29-,30-/m1/s1. The molecule has 2 aliphatic heterocycles. The van der Waals surface area contributed by atoms with Crippen molar-refractivity contribution >= 4 is 11.9 Å². The molecular formula is C30H38O6. The summed E-state index contributed by atoms with van der Waals surface area (Å²) in [4.78, 5) is 24.3. The minimum absolute atomic E-state index is 0.0220. The second-order valence-corrected chi connectivity index (χ2v) is 12.3. The number of esters is 2. The van der Waals surface area contributed by atoms with Gasteiger partial charge in [0.2, 0.25) is 0 Å². The van der Waals surface area contributed by atoms with Crippen LogP contribution in [-0.4, -0.2) is 45.6 Å². The summed E-state index contributed by atoms with van der Waals surface area (Å²) < 4.78 is 11.3. The molecular weight excluding hydrogens is 456 g/mol. The number of aliphatic hydroxyl groups is 2. The fourth-order valence-corrected chi connectivity index (χ4v) is 7.81. The maximum Gasteiger partial charge on any atom is 0.333 e. The molecule has 0 aromatic heterocycles. The van der Waals surface area contributed by atoms with E-state index in [9.17, 15) is 19.8 Å². The fraction of sp³-hybridized carbons (Fsp3) is 0.600. The monoisotopic (exact) mass is 494 g/mol. The van der Waals surface area contributed by atoms with Gasteiger partial charge in [-0.3, -0.25) is 0 Å². The van der Waals surface area contributed by atoms with Gasteiger partial charge in [-0.2, -0.15) is 0 Å². The van der Waals surface area contributed by atoms with Crippen molar-refractivity contribution in [3.05, 3.63) is 59.3 Å². The zero-order chi connectivity index (χ0) is 26.2. The van der Waals surface area contributed by atoms with E-state index in [0.29, 0.717) is 12.0 Å². The van der Waals surface area contributed by atoms with Crippen LogP contribution in [0.2, 0.25) is 0 Å². The molecule has 1 fully saturated rings. The maximum absolute atomic E-state index is 12.2. The first-order valence-corrected chi connectivity index (χ1v) is 13.1. The predicted molar refractivity (Wildman–Crippen MR) is 135 cm³/mol. The summed E-state index contributed by atoms with van der Waals surface area (Å²) >= 11 is 0. The van der Waals surface area contributed by atoms with Crippen LogP contribution in [0.5, 0.6) is 0 Å². The highest BCUT2D eigenvalue weighted by atomic mass is 16.6. The number of cyclic esters (lactones) is 2. The van der Waals surface area contributed by atoms with Crippen LogP contribution in [0.4, 0.5) is 0 Å². The number of rotatable bonds is 2. The second-order valence-electron chi connectivity index (χ2n) is 12.3. The molecule has 0 unspecified atom stereocenters. The third kappa shape index (κ3) is 3.76. The molecule has 5 rings (SSSR count). The molecule has 2 N–H and O–H groups in total. The summed E-state index contributed by atoms with van der Waals surface area (Å²) in [5.74, 6) is -0.864.